The molecule has 0 saturated heterocycles. The van der Waals surface area contributed by atoms with Gasteiger partial charge in [-0.15, -0.1) is 0 Å². The summed E-state index contributed by atoms with van der Waals surface area (Å²) in [5.74, 6) is 0.235. The van der Waals surface area contributed by atoms with E-state index in [2.05, 4.69) is 10.3 Å². The van der Waals surface area contributed by atoms with Crippen molar-refractivity contribution in [3.05, 3.63) is 88.8 Å². The molecule has 4 rings (SSSR count). The number of nitrogens with zero attached hydrogens (tertiary/aromatic N) is 2. The van der Waals surface area contributed by atoms with Crippen LogP contribution in [0.2, 0.25) is 5.02 Å². The zero-order valence-electron chi connectivity index (χ0n) is 17.5. The van der Waals surface area contributed by atoms with Crippen LogP contribution in [0.4, 0.5) is 5.69 Å². The van der Waals surface area contributed by atoms with E-state index in [9.17, 15) is 9.59 Å². The number of rotatable bonds is 7. The van der Waals surface area contributed by atoms with E-state index in [1.165, 1.54) is 12.0 Å². The summed E-state index contributed by atoms with van der Waals surface area (Å²) in [6.07, 6.45) is 3.24. The number of ether oxygens (including phenoxy) is 2. The highest BCUT2D eigenvalue weighted by atomic mass is 35.5. The van der Waals surface area contributed by atoms with E-state index in [1.54, 1.807) is 74.1 Å². The number of methoxy groups -OCH3 is 2. The normalized spacial score (nSPS) is 13.5. The van der Waals surface area contributed by atoms with Crippen LogP contribution in [-0.2, 0) is 16.1 Å². The molecule has 0 spiro atoms. The molecule has 3 aromatic rings. The average Bonchev–Trinajstić information content (AvgIpc) is 3.04. The molecule has 1 aliphatic heterocycles. The van der Waals surface area contributed by atoms with Crippen molar-refractivity contribution in [1.29, 1.82) is 0 Å². The zero-order chi connectivity index (χ0) is 22.7. The van der Waals surface area contributed by atoms with E-state index < -0.39 is 11.8 Å². The van der Waals surface area contributed by atoms with Crippen LogP contribution in [0.15, 0.2) is 72.7 Å². The highest BCUT2D eigenvalue weighted by Gasteiger charge is 2.39. The number of halogens is 1. The van der Waals surface area contributed by atoms with Crippen molar-refractivity contribution >= 4 is 34.7 Å². The number of pyridine rings is 1. The Morgan fingerprint density at radius 3 is 2.25 bits per heavy atom. The molecule has 162 valence electrons. The first-order valence-corrected chi connectivity index (χ1v) is 10.1. The first-order valence-electron chi connectivity index (χ1n) is 9.76. The molecule has 0 radical (unpaired) electrons. The topological polar surface area (TPSA) is 80.8 Å². The van der Waals surface area contributed by atoms with Gasteiger partial charge in [0.1, 0.15) is 5.70 Å². The maximum Gasteiger partial charge on any atom is 0.278 e. The van der Waals surface area contributed by atoms with Crippen LogP contribution >= 0.6 is 11.6 Å². The Morgan fingerprint density at radius 2 is 1.59 bits per heavy atom. The molecule has 2 amide bonds. The van der Waals surface area contributed by atoms with Gasteiger partial charge in [0.05, 0.1) is 26.3 Å². The van der Waals surface area contributed by atoms with E-state index in [-0.39, 0.29) is 17.8 Å². The number of nitrogens with one attached hydrogen (secondary N) is 1. The molecule has 1 N–H and O–H groups in total. The van der Waals surface area contributed by atoms with Crippen molar-refractivity contribution in [2.75, 3.05) is 19.5 Å². The summed E-state index contributed by atoms with van der Waals surface area (Å²) in [5.41, 5.74) is 2.42. The molecule has 0 aliphatic carbocycles. The van der Waals surface area contributed by atoms with E-state index in [1.807, 2.05) is 0 Å². The summed E-state index contributed by atoms with van der Waals surface area (Å²) in [6, 6.07) is 15.5. The second-order valence-electron chi connectivity index (χ2n) is 7.00. The number of hydrogen-bond acceptors (Lipinski definition) is 6. The summed E-state index contributed by atoms with van der Waals surface area (Å²) < 4.78 is 10.6. The van der Waals surface area contributed by atoms with Crippen LogP contribution < -0.4 is 14.8 Å². The second kappa shape index (κ2) is 9.11. The number of anilines is 1. The lowest BCUT2D eigenvalue weighted by Crippen LogP contribution is -2.32. The Kier molecular flexibility index (Phi) is 6.09. The van der Waals surface area contributed by atoms with Crippen LogP contribution in [0.25, 0.3) is 5.57 Å². The highest BCUT2D eigenvalue weighted by Crippen LogP contribution is 2.35. The van der Waals surface area contributed by atoms with Gasteiger partial charge in [0.25, 0.3) is 11.8 Å². The van der Waals surface area contributed by atoms with E-state index in [4.69, 9.17) is 21.1 Å². The minimum absolute atomic E-state index is 0.133. The van der Waals surface area contributed by atoms with E-state index in [0.717, 1.165) is 5.56 Å². The monoisotopic (exact) mass is 449 g/mol. The largest absolute Gasteiger partial charge is 0.493 e. The van der Waals surface area contributed by atoms with Crippen LogP contribution in [0.5, 0.6) is 11.5 Å². The van der Waals surface area contributed by atoms with Crippen molar-refractivity contribution in [2.45, 2.75) is 6.54 Å². The van der Waals surface area contributed by atoms with Crippen LogP contribution in [0.3, 0.4) is 0 Å². The molecule has 32 heavy (non-hydrogen) atoms. The lowest BCUT2D eigenvalue weighted by atomic mass is 10.0. The number of hydrogen-bond donors (Lipinski definition) is 1. The standard InChI is InChI=1S/C24H20ClN3O4/c1-31-19-8-7-18(13-20(19)32-2)27-22-21(16-3-5-17(25)6-4-16)23(29)28(24(22)30)14-15-9-11-26-12-10-15/h3-13,27H,14H2,1-2H3. The lowest BCUT2D eigenvalue weighted by Gasteiger charge is -2.15. The Bertz CT molecular complexity index is 1190. The average molecular weight is 450 g/mol. The molecule has 7 nitrogen and oxygen atoms in total. The van der Waals surface area contributed by atoms with Gasteiger partial charge in [0, 0.05) is 29.2 Å². The van der Waals surface area contributed by atoms with Gasteiger partial charge in [-0.1, -0.05) is 23.7 Å². The van der Waals surface area contributed by atoms with Gasteiger partial charge in [0.2, 0.25) is 0 Å². The maximum atomic E-state index is 13.3. The Hall–Kier alpha value is -3.84. The van der Waals surface area contributed by atoms with Gasteiger partial charge in [-0.05, 0) is 47.5 Å². The van der Waals surface area contributed by atoms with Crippen molar-refractivity contribution in [3.8, 4) is 11.5 Å². The summed E-state index contributed by atoms with van der Waals surface area (Å²) in [4.78, 5) is 31.9. The summed E-state index contributed by atoms with van der Waals surface area (Å²) >= 11 is 6.02. The minimum atomic E-state index is -0.424. The van der Waals surface area contributed by atoms with Crippen LogP contribution in [0, 0.1) is 0 Å². The molecule has 0 bridgehead atoms. The quantitative estimate of drug-likeness (QED) is 0.546. The van der Waals surface area contributed by atoms with Crippen molar-refractivity contribution in [3.63, 3.8) is 0 Å². The molecule has 1 aromatic heterocycles. The number of carbonyl (C=O) groups excluding carboxylic acids is 2. The highest BCUT2D eigenvalue weighted by molar-refractivity contribution is 6.36. The summed E-state index contributed by atoms with van der Waals surface area (Å²) in [6.45, 7) is 0.133. The molecule has 2 heterocycles. The third-order valence-corrected chi connectivity index (χ3v) is 5.30. The van der Waals surface area contributed by atoms with Gasteiger partial charge in [0.15, 0.2) is 11.5 Å². The minimum Gasteiger partial charge on any atom is -0.493 e. The van der Waals surface area contributed by atoms with Gasteiger partial charge < -0.3 is 14.8 Å². The Balaban J connectivity index is 1.74. The molecule has 1 aliphatic rings. The molecule has 0 fully saturated rings. The number of imide groups is 1. The first kappa shape index (κ1) is 21.4. The third kappa shape index (κ3) is 4.15. The van der Waals surface area contributed by atoms with Crippen LogP contribution in [-0.4, -0.2) is 35.9 Å². The molecular formula is C24H20ClN3O4. The molecule has 0 unspecified atom stereocenters. The predicted octanol–water partition coefficient (Wildman–Crippen LogP) is 4.14. The first-order chi connectivity index (χ1) is 15.5. The fourth-order valence-electron chi connectivity index (χ4n) is 3.45. The molecule has 0 atom stereocenters. The predicted molar refractivity (Wildman–Crippen MR) is 121 cm³/mol. The van der Waals surface area contributed by atoms with Gasteiger partial charge in [-0.25, -0.2) is 0 Å². The number of carbonyl (C=O) groups is 2. The second-order valence-corrected chi connectivity index (χ2v) is 7.44. The van der Waals surface area contributed by atoms with E-state index >= 15 is 0 Å². The molecular weight excluding hydrogens is 430 g/mol. The fourth-order valence-corrected chi connectivity index (χ4v) is 3.58. The Labute approximate surface area is 190 Å². The SMILES string of the molecule is COc1ccc(NC2=C(c3ccc(Cl)cc3)C(=O)N(Cc3ccncc3)C2=O)cc1OC. The van der Waals surface area contributed by atoms with Crippen molar-refractivity contribution in [1.82, 2.24) is 9.88 Å². The molecule has 2 aromatic carbocycles. The summed E-state index contributed by atoms with van der Waals surface area (Å²) in [7, 11) is 3.07. The van der Waals surface area contributed by atoms with Gasteiger partial charge in [-0.2, -0.15) is 0 Å². The summed E-state index contributed by atoms with van der Waals surface area (Å²) in [5, 5.41) is 3.65. The lowest BCUT2D eigenvalue weighted by molar-refractivity contribution is -0.137. The van der Waals surface area contributed by atoms with Crippen molar-refractivity contribution < 1.29 is 19.1 Å². The van der Waals surface area contributed by atoms with Crippen molar-refractivity contribution in [2.24, 2.45) is 0 Å². The van der Waals surface area contributed by atoms with E-state index in [0.29, 0.717) is 27.8 Å². The zero-order valence-corrected chi connectivity index (χ0v) is 18.2. The molecule has 0 saturated carbocycles. The number of amides is 2. The fraction of sp³-hybridized carbons (Fsp3) is 0.125. The maximum absolute atomic E-state index is 13.3. The third-order valence-electron chi connectivity index (χ3n) is 5.04. The Morgan fingerprint density at radius 1 is 0.906 bits per heavy atom. The molecule has 8 heteroatoms. The number of aromatic nitrogens is 1. The smallest absolute Gasteiger partial charge is 0.278 e. The van der Waals surface area contributed by atoms with Gasteiger partial charge in [-0.3, -0.25) is 19.5 Å². The van der Waals surface area contributed by atoms with Gasteiger partial charge >= 0.3 is 0 Å². The van der Waals surface area contributed by atoms with Crippen LogP contribution in [0.1, 0.15) is 11.1 Å². The number of benzene rings is 2.